The minimum Gasteiger partial charge on any atom is -0.507 e. The zero-order valence-corrected chi connectivity index (χ0v) is 12.2. The number of hydrogen-bond acceptors (Lipinski definition) is 3. The van der Waals surface area contributed by atoms with Crippen LogP contribution in [0.1, 0.15) is 40.7 Å². The molecule has 1 aliphatic carbocycles. The van der Waals surface area contributed by atoms with E-state index in [4.69, 9.17) is 0 Å². The van der Waals surface area contributed by atoms with E-state index in [9.17, 15) is 14.7 Å². The molecule has 1 aliphatic rings. The van der Waals surface area contributed by atoms with Gasteiger partial charge < -0.3 is 5.11 Å². The molecule has 0 amide bonds. The SMILES string of the molecule is CC(=O)CC(C1=C(O)c2ccccc2C1=O)c1ccccc1. The van der Waals surface area contributed by atoms with Crippen LogP contribution in [0.2, 0.25) is 0 Å². The Morgan fingerprint density at radius 2 is 1.59 bits per heavy atom. The Morgan fingerprint density at radius 3 is 2.18 bits per heavy atom. The minimum atomic E-state index is -0.418. The maximum absolute atomic E-state index is 12.7. The Kier molecular flexibility index (Phi) is 3.63. The summed E-state index contributed by atoms with van der Waals surface area (Å²) in [6.45, 7) is 1.50. The van der Waals surface area contributed by atoms with Crippen molar-refractivity contribution < 1.29 is 14.7 Å². The molecule has 3 rings (SSSR count). The van der Waals surface area contributed by atoms with Gasteiger partial charge in [0.05, 0.1) is 5.57 Å². The molecule has 0 saturated heterocycles. The number of carbonyl (C=O) groups is 2. The smallest absolute Gasteiger partial charge is 0.194 e. The van der Waals surface area contributed by atoms with Gasteiger partial charge in [-0.05, 0) is 12.5 Å². The van der Waals surface area contributed by atoms with E-state index in [1.165, 1.54) is 6.92 Å². The lowest BCUT2D eigenvalue weighted by atomic mass is 9.85. The largest absolute Gasteiger partial charge is 0.507 e. The Labute approximate surface area is 128 Å². The van der Waals surface area contributed by atoms with Crippen LogP contribution in [0.3, 0.4) is 0 Å². The molecule has 1 atom stereocenters. The first-order valence-electron chi connectivity index (χ1n) is 7.21. The van der Waals surface area contributed by atoms with Crippen molar-refractivity contribution >= 4 is 17.3 Å². The predicted octanol–water partition coefficient (Wildman–Crippen LogP) is 3.91. The van der Waals surface area contributed by atoms with E-state index in [0.29, 0.717) is 16.7 Å². The van der Waals surface area contributed by atoms with Crippen molar-refractivity contribution in [2.75, 3.05) is 0 Å². The zero-order chi connectivity index (χ0) is 15.7. The standard InChI is InChI=1S/C19H16O3/c1-12(20)11-16(13-7-3-2-4-8-13)17-18(21)14-9-5-6-10-15(14)19(17)22/h2-10,16,21H,11H2,1H3. The molecular weight excluding hydrogens is 276 g/mol. The summed E-state index contributed by atoms with van der Waals surface area (Å²) in [5, 5.41) is 10.5. The third-order valence-electron chi connectivity index (χ3n) is 3.97. The van der Waals surface area contributed by atoms with E-state index in [0.717, 1.165) is 5.56 Å². The number of allylic oxidation sites excluding steroid dienone is 1. The van der Waals surface area contributed by atoms with Crippen molar-refractivity contribution in [3.63, 3.8) is 0 Å². The highest BCUT2D eigenvalue weighted by atomic mass is 16.3. The molecule has 110 valence electrons. The van der Waals surface area contributed by atoms with Crippen molar-refractivity contribution in [3.05, 3.63) is 76.9 Å². The Balaban J connectivity index is 2.12. The molecule has 0 bridgehead atoms. The molecule has 3 nitrogen and oxygen atoms in total. The molecule has 0 spiro atoms. The third-order valence-corrected chi connectivity index (χ3v) is 3.97. The lowest BCUT2D eigenvalue weighted by Gasteiger charge is -2.17. The summed E-state index contributed by atoms with van der Waals surface area (Å²) in [6, 6.07) is 16.4. The first kappa shape index (κ1) is 14.3. The molecule has 2 aromatic rings. The second-order valence-corrected chi connectivity index (χ2v) is 5.51. The average Bonchev–Trinajstić information content (AvgIpc) is 2.78. The fraction of sp³-hybridized carbons (Fsp3) is 0.158. The fourth-order valence-electron chi connectivity index (χ4n) is 2.97. The second kappa shape index (κ2) is 5.60. The van der Waals surface area contributed by atoms with Gasteiger partial charge in [0.2, 0.25) is 0 Å². The molecule has 22 heavy (non-hydrogen) atoms. The van der Waals surface area contributed by atoms with Gasteiger partial charge in [0.25, 0.3) is 0 Å². The molecule has 2 aromatic carbocycles. The number of hydrogen-bond donors (Lipinski definition) is 1. The van der Waals surface area contributed by atoms with E-state index >= 15 is 0 Å². The summed E-state index contributed by atoms with van der Waals surface area (Å²) in [5.74, 6) is -0.629. The number of Topliss-reactive ketones (excluding diaryl/α,β-unsaturated/α-hetero) is 2. The Morgan fingerprint density at radius 1 is 1.00 bits per heavy atom. The number of ketones is 2. The lowest BCUT2D eigenvalue weighted by molar-refractivity contribution is -0.117. The normalized spacial score (nSPS) is 14.9. The maximum atomic E-state index is 12.7. The van der Waals surface area contributed by atoms with Crippen molar-refractivity contribution in [1.29, 1.82) is 0 Å². The van der Waals surface area contributed by atoms with Crippen LogP contribution in [0.5, 0.6) is 0 Å². The summed E-state index contributed by atoms with van der Waals surface area (Å²) in [6.07, 6.45) is 0.198. The molecule has 0 aromatic heterocycles. The van der Waals surface area contributed by atoms with Gasteiger partial charge in [0.1, 0.15) is 11.5 Å². The third kappa shape index (κ3) is 2.35. The molecule has 0 aliphatic heterocycles. The van der Waals surface area contributed by atoms with E-state index in [1.54, 1.807) is 24.3 Å². The summed E-state index contributed by atoms with van der Waals surface area (Å²) in [4.78, 5) is 24.3. The van der Waals surface area contributed by atoms with Gasteiger partial charge in [0, 0.05) is 23.5 Å². The fourth-order valence-corrected chi connectivity index (χ4v) is 2.97. The van der Waals surface area contributed by atoms with E-state index in [1.807, 2.05) is 30.3 Å². The quantitative estimate of drug-likeness (QED) is 0.929. The van der Waals surface area contributed by atoms with Crippen LogP contribution in [0.15, 0.2) is 60.2 Å². The molecule has 0 saturated carbocycles. The number of fused-ring (bicyclic) bond motifs is 1. The van der Waals surface area contributed by atoms with Crippen molar-refractivity contribution in [3.8, 4) is 0 Å². The monoisotopic (exact) mass is 292 g/mol. The molecule has 0 radical (unpaired) electrons. The summed E-state index contributed by atoms with van der Waals surface area (Å²) < 4.78 is 0. The number of carbonyl (C=O) groups excluding carboxylic acids is 2. The number of aliphatic hydroxyl groups is 1. The second-order valence-electron chi connectivity index (χ2n) is 5.51. The van der Waals surface area contributed by atoms with E-state index in [-0.39, 0.29) is 23.7 Å². The molecule has 1 unspecified atom stereocenters. The van der Waals surface area contributed by atoms with Gasteiger partial charge >= 0.3 is 0 Å². The topological polar surface area (TPSA) is 54.4 Å². The maximum Gasteiger partial charge on any atom is 0.194 e. The summed E-state index contributed by atoms with van der Waals surface area (Å²) in [7, 11) is 0. The van der Waals surface area contributed by atoms with Crippen LogP contribution >= 0.6 is 0 Å². The van der Waals surface area contributed by atoms with Gasteiger partial charge in [-0.2, -0.15) is 0 Å². The zero-order valence-electron chi connectivity index (χ0n) is 12.2. The Bertz CT molecular complexity index is 772. The van der Waals surface area contributed by atoms with Gasteiger partial charge in [-0.3, -0.25) is 9.59 Å². The first-order chi connectivity index (χ1) is 10.6. The van der Waals surface area contributed by atoms with Crippen molar-refractivity contribution in [2.24, 2.45) is 0 Å². The minimum absolute atomic E-state index is 0.00398. The van der Waals surface area contributed by atoms with Crippen LogP contribution in [0.25, 0.3) is 5.76 Å². The average molecular weight is 292 g/mol. The lowest BCUT2D eigenvalue weighted by Crippen LogP contribution is -2.13. The first-order valence-corrected chi connectivity index (χ1v) is 7.21. The van der Waals surface area contributed by atoms with Crippen molar-refractivity contribution in [1.82, 2.24) is 0 Å². The number of aliphatic hydroxyl groups excluding tert-OH is 1. The summed E-state index contributed by atoms with van der Waals surface area (Å²) >= 11 is 0. The van der Waals surface area contributed by atoms with Crippen LogP contribution < -0.4 is 0 Å². The molecule has 0 heterocycles. The molecule has 3 heteroatoms. The molecular formula is C19H16O3. The highest BCUT2D eigenvalue weighted by Gasteiger charge is 2.35. The van der Waals surface area contributed by atoms with Crippen LogP contribution in [-0.2, 0) is 4.79 Å². The van der Waals surface area contributed by atoms with Crippen molar-refractivity contribution in [2.45, 2.75) is 19.3 Å². The van der Waals surface area contributed by atoms with Gasteiger partial charge in [-0.25, -0.2) is 0 Å². The van der Waals surface area contributed by atoms with Crippen LogP contribution in [0, 0.1) is 0 Å². The Hall–Kier alpha value is -2.68. The summed E-state index contributed by atoms with van der Waals surface area (Å²) in [5.41, 5.74) is 2.23. The van der Waals surface area contributed by atoms with Crippen LogP contribution in [0.4, 0.5) is 0 Å². The van der Waals surface area contributed by atoms with E-state index < -0.39 is 5.92 Å². The highest BCUT2D eigenvalue weighted by molar-refractivity contribution is 6.20. The predicted molar refractivity (Wildman–Crippen MR) is 84.8 cm³/mol. The molecule has 0 fully saturated rings. The highest BCUT2D eigenvalue weighted by Crippen LogP contribution is 2.40. The van der Waals surface area contributed by atoms with E-state index in [2.05, 4.69) is 0 Å². The number of rotatable bonds is 4. The van der Waals surface area contributed by atoms with Crippen LogP contribution in [-0.4, -0.2) is 16.7 Å². The van der Waals surface area contributed by atoms with Gasteiger partial charge in [-0.1, -0.05) is 54.6 Å². The van der Waals surface area contributed by atoms with Gasteiger partial charge in [-0.15, -0.1) is 0 Å². The molecule has 1 N–H and O–H groups in total. The number of benzene rings is 2. The van der Waals surface area contributed by atoms with Gasteiger partial charge in [0.15, 0.2) is 5.78 Å².